The molecule has 0 aromatic heterocycles. The van der Waals surface area contributed by atoms with E-state index in [9.17, 15) is 13.2 Å². The molecular weight excluding hydrogens is 256 g/mol. The van der Waals surface area contributed by atoms with Crippen LogP contribution in [0.3, 0.4) is 0 Å². The summed E-state index contributed by atoms with van der Waals surface area (Å²) in [5.74, 6) is -1.86. The summed E-state index contributed by atoms with van der Waals surface area (Å²) >= 11 is 0. The van der Waals surface area contributed by atoms with Crippen molar-refractivity contribution >= 4 is 16.0 Å². The molecule has 1 aliphatic carbocycles. The standard InChI is InChI=1S/C11H18N2O4S/c1-2-13(8-4-7-12)18(16,17)10-6-3-5-9(10)11(14)15/h9-10H,2-6,8H2,1H3,(H,14,15). The van der Waals surface area contributed by atoms with Gasteiger partial charge in [0.25, 0.3) is 0 Å². The summed E-state index contributed by atoms with van der Waals surface area (Å²) in [6.45, 7) is 2.10. The van der Waals surface area contributed by atoms with E-state index in [2.05, 4.69) is 0 Å². The Kier molecular flexibility index (Phi) is 5.11. The Morgan fingerprint density at radius 3 is 2.67 bits per heavy atom. The molecule has 1 aliphatic rings. The van der Waals surface area contributed by atoms with Crippen molar-refractivity contribution in [3.05, 3.63) is 0 Å². The van der Waals surface area contributed by atoms with Crippen LogP contribution in [0.4, 0.5) is 0 Å². The second kappa shape index (κ2) is 6.16. The lowest BCUT2D eigenvalue weighted by atomic mass is 10.1. The monoisotopic (exact) mass is 274 g/mol. The van der Waals surface area contributed by atoms with E-state index in [0.717, 1.165) is 0 Å². The first-order valence-electron chi connectivity index (χ1n) is 6.03. The van der Waals surface area contributed by atoms with Crippen molar-refractivity contribution in [1.82, 2.24) is 4.31 Å². The lowest BCUT2D eigenvalue weighted by Gasteiger charge is -2.25. The molecular formula is C11H18N2O4S. The fraction of sp³-hybridized carbons (Fsp3) is 0.818. The van der Waals surface area contributed by atoms with E-state index in [1.54, 1.807) is 6.92 Å². The first-order chi connectivity index (χ1) is 8.45. The highest BCUT2D eigenvalue weighted by atomic mass is 32.2. The summed E-state index contributed by atoms with van der Waals surface area (Å²) in [5, 5.41) is 16.7. The lowest BCUT2D eigenvalue weighted by Crippen LogP contribution is -2.42. The van der Waals surface area contributed by atoms with Crippen LogP contribution in [0.15, 0.2) is 0 Å². The molecule has 0 bridgehead atoms. The number of sulfonamides is 1. The van der Waals surface area contributed by atoms with Crippen molar-refractivity contribution in [3.63, 3.8) is 0 Å². The van der Waals surface area contributed by atoms with Gasteiger partial charge in [0.1, 0.15) is 0 Å². The SMILES string of the molecule is CCN(CCC#N)S(=O)(=O)C1CCCC1C(=O)O. The Bertz CT molecular complexity index is 440. The van der Waals surface area contributed by atoms with Crippen LogP contribution in [0.1, 0.15) is 32.6 Å². The Morgan fingerprint density at radius 2 is 2.17 bits per heavy atom. The zero-order valence-corrected chi connectivity index (χ0v) is 11.2. The minimum Gasteiger partial charge on any atom is -0.481 e. The van der Waals surface area contributed by atoms with Crippen molar-refractivity contribution in [2.75, 3.05) is 13.1 Å². The number of carbonyl (C=O) groups is 1. The number of rotatable bonds is 6. The number of aliphatic carboxylic acids is 1. The number of hydrogen-bond donors (Lipinski definition) is 1. The molecule has 7 heteroatoms. The topological polar surface area (TPSA) is 98.5 Å². The van der Waals surface area contributed by atoms with Gasteiger partial charge < -0.3 is 5.11 Å². The Labute approximate surface area is 107 Å². The number of nitrogens with zero attached hydrogens (tertiary/aromatic N) is 2. The Hall–Kier alpha value is -1.13. The van der Waals surface area contributed by atoms with Crippen LogP contribution in [0.25, 0.3) is 0 Å². The van der Waals surface area contributed by atoms with Crippen molar-refractivity contribution in [3.8, 4) is 6.07 Å². The van der Waals surface area contributed by atoms with E-state index in [-0.39, 0.29) is 19.5 Å². The Balaban J connectivity index is 2.90. The van der Waals surface area contributed by atoms with Gasteiger partial charge in [-0.25, -0.2) is 12.7 Å². The summed E-state index contributed by atoms with van der Waals surface area (Å²) in [4.78, 5) is 11.0. The summed E-state index contributed by atoms with van der Waals surface area (Å²) in [7, 11) is -3.62. The molecule has 2 atom stereocenters. The molecule has 1 saturated carbocycles. The highest BCUT2D eigenvalue weighted by Crippen LogP contribution is 2.33. The van der Waals surface area contributed by atoms with Crippen molar-refractivity contribution in [2.45, 2.75) is 37.9 Å². The summed E-state index contributed by atoms with van der Waals surface area (Å²) < 4.78 is 25.9. The number of carboxylic acid groups (broad SMARTS) is 1. The lowest BCUT2D eigenvalue weighted by molar-refractivity contribution is -0.141. The predicted octanol–water partition coefficient (Wildman–Crippen LogP) is 0.805. The summed E-state index contributed by atoms with van der Waals surface area (Å²) in [5.41, 5.74) is 0. The maximum Gasteiger partial charge on any atom is 0.307 e. The van der Waals surface area contributed by atoms with Gasteiger partial charge in [-0.3, -0.25) is 4.79 Å². The van der Waals surface area contributed by atoms with Gasteiger partial charge in [0.2, 0.25) is 10.0 Å². The van der Waals surface area contributed by atoms with E-state index in [1.165, 1.54) is 4.31 Å². The van der Waals surface area contributed by atoms with Gasteiger partial charge in [0.05, 0.1) is 17.2 Å². The normalized spacial score (nSPS) is 24.1. The Morgan fingerprint density at radius 1 is 1.50 bits per heavy atom. The second-order valence-electron chi connectivity index (χ2n) is 4.36. The van der Waals surface area contributed by atoms with Crippen molar-refractivity contribution in [1.29, 1.82) is 5.26 Å². The molecule has 0 aromatic carbocycles. The van der Waals surface area contributed by atoms with E-state index < -0.39 is 27.2 Å². The zero-order valence-electron chi connectivity index (χ0n) is 10.4. The van der Waals surface area contributed by atoms with Crippen LogP contribution in [0.5, 0.6) is 0 Å². The molecule has 1 N–H and O–H groups in total. The van der Waals surface area contributed by atoms with Crippen LogP contribution in [0, 0.1) is 17.2 Å². The van der Waals surface area contributed by atoms with Crippen molar-refractivity contribution in [2.24, 2.45) is 5.92 Å². The molecule has 1 rings (SSSR count). The van der Waals surface area contributed by atoms with Gasteiger partial charge in [-0.1, -0.05) is 13.3 Å². The number of carboxylic acids is 1. The molecule has 102 valence electrons. The summed E-state index contributed by atoms with van der Waals surface area (Å²) in [6.07, 6.45) is 1.55. The van der Waals surface area contributed by atoms with Gasteiger partial charge in [0, 0.05) is 19.5 Å². The van der Waals surface area contributed by atoms with Crippen LogP contribution < -0.4 is 0 Å². The highest BCUT2D eigenvalue weighted by molar-refractivity contribution is 7.89. The highest BCUT2D eigenvalue weighted by Gasteiger charge is 2.43. The average Bonchev–Trinajstić information content (AvgIpc) is 2.79. The third-order valence-corrected chi connectivity index (χ3v) is 5.83. The number of nitriles is 1. The largest absolute Gasteiger partial charge is 0.481 e. The maximum absolute atomic E-state index is 12.3. The van der Waals surface area contributed by atoms with Gasteiger partial charge >= 0.3 is 5.97 Å². The first kappa shape index (κ1) is 14.9. The van der Waals surface area contributed by atoms with Gasteiger partial charge in [-0.15, -0.1) is 0 Å². The first-order valence-corrected chi connectivity index (χ1v) is 7.54. The molecule has 1 fully saturated rings. The fourth-order valence-corrected chi connectivity index (χ4v) is 4.62. The second-order valence-corrected chi connectivity index (χ2v) is 6.51. The molecule has 18 heavy (non-hydrogen) atoms. The predicted molar refractivity (Wildman–Crippen MR) is 65.2 cm³/mol. The summed E-state index contributed by atoms with van der Waals surface area (Å²) in [6, 6.07) is 1.91. The van der Waals surface area contributed by atoms with Crippen LogP contribution in [-0.4, -0.2) is 42.1 Å². The molecule has 2 unspecified atom stereocenters. The van der Waals surface area contributed by atoms with Crippen LogP contribution in [-0.2, 0) is 14.8 Å². The van der Waals surface area contributed by atoms with E-state index in [4.69, 9.17) is 10.4 Å². The zero-order chi connectivity index (χ0) is 13.8. The third kappa shape index (κ3) is 3.00. The quantitative estimate of drug-likeness (QED) is 0.772. The minimum absolute atomic E-state index is 0.123. The molecule has 0 aromatic rings. The molecule has 0 saturated heterocycles. The van der Waals surface area contributed by atoms with Crippen LogP contribution in [0.2, 0.25) is 0 Å². The van der Waals surface area contributed by atoms with E-state index in [1.807, 2.05) is 6.07 Å². The van der Waals surface area contributed by atoms with E-state index in [0.29, 0.717) is 19.3 Å². The molecule has 0 radical (unpaired) electrons. The van der Waals surface area contributed by atoms with Crippen molar-refractivity contribution < 1.29 is 18.3 Å². The third-order valence-electron chi connectivity index (χ3n) is 3.34. The average molecular weight is 274 g/mol. The molecule has 6 nitrogen and oxygen atoms in total. The minimum atomic E-state index is -3.62. The molecule has 0 amide bonds. The van der Waals surface area contributed by atoms with Gasteiger partial charge in [-0.05, 0) is 12.8 Å². The van der Waals surface area contributed by atoms with E-state index >= 15 is 0 Å². The molecule has 0 aliphatic heterocycles. The maximum atomic E-state index is 12.3. The van der Waals surface area contributed by atoms with Crippen LogP contribution >= 0.6 is 0 Å². The smallest absolute Gasteiger partial charge is 0.307 e. The van der Waals surface area contributed by atoms with Gasteiger partial charge in [0.15, 0.2) is 0 Å². The molecule has 0 heterocycles. The fourth-order valence-electron chi connectivity index (χ4n) is 2.40. The number of hydrogen-bond acceptors (Lipinski definition) is 4. The molecule has 0 spiro atoms. The van der Waals surface area contributed by atoms with Gasteiger partial charge in [-0.2, -0.15) is 5.26 Å².